The smallest absolute Gasteiger partial charge is 0.334 e. The summed E-state index contributed by atoms with van der Waals surface area (Å²) in [6.07, 6.45) is -4.64. The van der Waals surface area contributed by atoms with Gasteiger partial charge in [0.25, 0.3) is 0 Å². The van der Waals surface area contributed by atoms with Crippen molar-refractivity contribution >= 4 is 11.9 Å². The molecule has 1 aliphatic heterocycles. The van der Waals surface area contributed by atoms with Crippen molar-refractivity contribution in [2.75, 3.05) is 6.54 Å². The van der Waals surface area contributed by atoms with Crippen molar-refractivity contribution < 1.29 is 22.8 Å². The summed E-state index contributed by atoms with van der Waals surface area (Å²) in [5.41, 5.74) is 0. The second-order valence-corrected chi connectivity index (χ2v) is 4.10. The number of nitrogens with zero attached hydrogens (tertiary/aromatic N) is 1. The molecule has 7 heteroatoms. The van der Waals surface area contributed by atoms with E-state index in [0.29, 0.717) is 0 Å². The van der Waals surface area contributed by atoms with E-state index in [9.17, 15) is 22.8 Å². The van der Waals surface area contributed by atoms with Gasteiger partial charge in [-0.3, -0.25) is 9.69 Å². The number of imide groups is 1. The Hall–Kier alpha value is -1.27. The van der Waals surface area contributed by atoms with Gasteiger partial charge in [0.2, 0.25) is 5.91 Å². The number of carbonyl (C=O) groups excluding carboxylic acids is 2. The van der Waals surface area contributed by atoms with Crippen molar-refractivity contribution in [3.05, 3.63) is 0 Å². The van der Waals surface area contributed by atoms with Gasteiger partial charge < -0.3 is 5.32 Å². The van der Waals surface area contributed by atoms with Crippen LogP contribution in [0.25, 0.3) is 0 Å². The lowest BCUT2D eigenvalue weighted by Gasteiger charge is -2.33. The fraction of sp³-hybridized carbons (Fsp3) is 0.778. The van der Waals surface area contributed by atoms with Crippen LogP contribution in [0.5, 0.6) is 0 Å². The first-order chi connectivity index (χ1) is 7.20. The van der Waals surface area contributed by atoms with Crippen LogP contribution in [0.15, 0.2) is 0 Å². The fourth-order valence-electron chi connectivity index (χ4n) is 1.44. The largest absolute Gasteiger partial charge is 0.406 e. The van der Waals surface area contributed by atoms with Crippen molar-refractivity contribution in [3.8, 4) is 0 Å². The summed E-state index contributed by atoms with van der Waals surface area (Å²) >= 11 is 0. The summed E-state index contributed by atoms with van der Waals surface area (Å²) in [4.78, 5) is 22.9. The van der Waals surface area contributed by atoms with Crippen LogP contribution in [0.4, 0.5) is 18.0 Å². The molecule has 1 heterocycles. The lowest BCUT2D eigenvalue weighted by atomic mass is 9.99. The Balaban J connectivity index is 2.70. The highest BCUT2D eigenvalue weighted by atomic mass is 19.4. The van der Waals surface area contributed by atoms with Gasteiger partial charge in [-0.05, 0) is 5.92 Å². The quantitative estimate of drug-likeness (QED) is 0.792. The summed E-state index contributed by atoms with van der Waals surface area (Å²) in [5.74, 6) is -0.763. The van der Waals surface area contributed by atoms with Crippen molar-refractivity contribution in [3.63, 3.8) is 0 Å². The molecule has 3 amide bonds. The zero-order chi connectivity index (χ0) is 12.5. The predicted molar refractivity (Wildman–Crippen MR) is 49.5 cm³/mol. The van der Waals surface area contributed by atoms with Crippen molar-refractivity contribution in [2.24, 2.45) is 5.92 Å². The van der Waals surface area contributed by atoms with E-state index < -0.39 is 24.7 Å². The normalized spacial score (nSPS) is 22.6. The van der Waals surface area contributed by atoms with Gasteiger partial charge in [-0.2, -0.15) is 13.2 Å². The van der Waals surface area contributed by atoms with E-state index in [1.54, 1.807) is 13.8 Å². The van der Waals surface area contributed by atoms with E-state index in [1.165, 1.54) is 0 Å². The topological polar surface area (TPSA) is 49.4 Å². The molecule has 0 saturated carbocycles. The van der Waals surface area contributed by atoms with Crippen LogP contribution in [-0.4, -0.2) is 35.6 Å². The maximum Gasteiger partial charge on any atom is 0.406 e. The lowest BCUT2D eigenvalue weighted by Crippen LogP contribution is -2.58. The van der Waals surface area contributed by atoms with Crippen LogP contribution in [-0.2, 0) is 4.79 Å². The number of nitrogens with one attached hydrogen (secondary N) is 1. The Morgan fingerprint density at radius 2 is 2.00 bits per heavy atom. The molecule has 0 bridgehead atoms. The molecule has 1 N–H and O–H groups in total. The van der Waals surface area contributed by atoms with Crippen LogP contribution in [0.2, 0.25) is 0 Å². The highest BCUT2D eigenvalue weighted by Gasteiger charge is 2.40. The number of hydrogen-bond acceptors (Lipinski definition) is 2. The third kappa shape index (κ3) is 3.11. The zero-order valence-corrected chi connectivity index (χ0v) is 8.97. The summed E-state index contributed by atoms with van der Waals surface area (Å²) in [6, 6.07) is -1.35. The first-order valence-corrected chi connectivity index (χ1v) is 4.88. The standard InChI is InChI=1S/C9H13F3N2O2/c1-5(2)6-3-7(15)14(8(16)13-6)4-9(10,11)12/h5-6H,3-4H2,1-2H3,(H,13,16). The zero-order valence-electron chi connectivity index (χ0n) is 8.97. The summed E-state index contributed by atoms with van der Waals surface area (Å²) < 4.78 is 36.2. The molecule has 0 aromatic rings. The van der Waals surface area contributed by atoms with E-state index in [1.807, 2.05) is 0 Å². The Labute approximate surface area is 90.8 Å². The minimum absolute atomic E-state index is 0.0148. The van der Waals surface area contributed by atoms with Gasteiger partial charge in [0.15, 0.2) is 0 Å². The van der Waals surface area contributed by atoms with Crippen molar-refractivity contribution in [2.45, 2.75) is 32.5 Å². The Morgan fingerprint density at radius 3 is 2.38 bits per heavy atom. The Bertz CT molecular complexity index is 284. The summed E-state index contributed by atoms with van der Waals surface area (Å²) in [6.45, 7) is 2.05. The molecule has 0 aromatic heterocycles. The molecule has 92 valence electrons. The fourth-order valence-corrected chi connectivity index (χ4v) is 1.44. The van der Waals surface area contributed by atoms with Crippen LogP contribution in [0, 0.1) is 5.92 Å². The van der Waals surface area contributed by atoms with Crippen LogP contribution in [0.3, 0.4) is 0 Å². The van der Waals surface area contributed by atoms with Gasteiger partial charge in [0, 0.05) is 12.5 Å². The molecule has 1 fully saturated rings. The third-order valence-electron chi connectivity index (χ3n) is 2.39. The number of halogens is 3. The molecule has 1 aliphatic rings. The molecule has 0 aliphatic carbocycles. The monoisotopic (exact) mass is 238 g/mol. The van der Waals surface area contributed by atoms with Gasteiger partial charge in [0.05, 0.1) is 0 Å². The number of hydrogen-bond donors (Lipinski definition) is 1. The van der Waals surface area contributed by atoms with E-state index in [2.05, 4.69) is 5.32 Å². The van der Waals surface area contributed by atoms with Crippen LogP contribution < -0.4 is 5.32 Å². The van der Waals surface area contributed by atoms with Crippen molar-refractivity contribution in [1.82, 2.24) is 10.2 Å². The SMILES string of the molecule is CC(C)C1CC(=O)N(CC(F)(F)F)C(=O)N1. The minimum atomic E-state index is -4.56. The molecule has 1 atom stereocenters. The van der Waals surface area contributed by atoms with Gasteiger partial charge in [-0.15, -0.1) is 0 Å². The van der Waals surface area contributed by atoms with Crippen LogP contribution >= 0.6 is 0 Å². The van der Waals surface area contributed by atoms with E-state index >= 15 is 0 Å². The van der Waals surface area contributed by atoms with E-state index in [0.717, 1.165) is 0 Å². The van der Waals surface area contributed by atoms with Gasteiger partial charge in [-0.1, -0.05) is 13.8 Å². The predicted octanol–water partition coefficient (Wildman–Crippen LogP) is 1.52. The maximum atomic E-state index is 12.1. The van der Waals surface area contributed by atoms with Gasteiger partial charge in [-0.25, -0.2) is 4.79 Å². The molecule has 0 aromatic carbocycles. The minimum Gasteiger partial charge on any atom is -0.334 e. The number of urea groups is 1. The second-order valence-electron chi connectivity index (χ2n) is 4.10. The molecule has 0 radical (unpaired) electrons. The summed E-state index contributed by atoms with van der Waals surface area (Å²) in [7, 11) is 0. The Morgan fingerprint density at radius 1 is 1.44 bits per heavy atom. The molecule has 1 saturated heterocycles. The molecular formula is C9H13F3N2O2. The molecule has 1 unspecified atom stereocenters. The van der Waals surface area contributed by atoms with E-state index in [-0.39, 0.29) is 23.3 Å². The molecule has 16 heavy (non-hydrogen) atoms. The molecule has 1 rings (SSSR count). The van der Waals surface area contributed by atoms with E-state index in [4.69, 9.17) is 0 Å². The highest BCUT2D eigenvalue weighted by molar-refractivity contribution is 5.97. The van der Waals surface area contributed by atoms with Crippen LogP contribution in [0.1, 0.15) is 20.3 Å². The second kappa shape index (κ2) is 4.31. The van der Waals surface area contributed by atoms with Gasteiger partial charge in [0.1, 0.15) is 6.54 Å². The summed E-state index contributed by atoms with van der Waals surface area (Å²) in [5, 5.41) is 2.39. The number of alkyl halides is 3. The first-order valence-electron chi connectivity index (χ1n) is 4.88. The molecule has 4 nitrogen and oxygen atoms in total. The first kappa shape index (κ1) is 12.8. The number of carbonyl (C=O) groups is 2. The maximum absolute atomic E-state index is 12.1. The molecular weight excluding hydrogens is 225 g/mol. The third-order valence-corrected chi connectivity index (χ3v) is 2.39. The average Bonchev–Trinajstić information content (AvgIpc) is 2.09. The average molecular weight is 238 g/mol. The van der Waals surface area contributed by atoms with Crippen molar-refractivity contribution in [1.29, 1.82) is 0 Å². The lowest BCUT2D eigenvalue weighted by molar-refractivity contribution is -0.157. The number of amides is 3. The molecule has 0 spiro atoms. The van der Waals surface area contributed by atoms with Gasteiger partial charge >= 0.3 is 12.2 Å². The Kier molecular flexibility index (Phi) is 3.44. The highest BCUT2D eigenvalue weighted by Crippen LogP contribution is 2.20. The number of rotatable bonds is 2.